The Morgan fingerprint density at radius 2 is 1.69 bits per heavy atom. The van der Waals surface area contributed by atoms with E-state index in [0.717, 1.165) is 24.4 Å². The minimum atomic E-state index is -0.346. The van der Waals surface area contributed by atoms with E-state index < -0.39 is 0 Å². The van der Waals surface area contributed by atoms with Crippen LogP contribution in [0, 0.1) is 0 Å². The summed E-state index contributed by atoms with van der Waals surface area (Å²) in [4.78, 5) is 14.5. The average molecular weight is 351 g/mol. The Hall–Kier alpha value is -2.82. The van der Waals surface area contributed by atoms with Gasteiger partial charge in [-0.3, -0.25) is 4.79 Å². The number of nitrogens with zero attached hydrogens (tertiary/aromatic N) is 2. The molecule has 26 heavy (non-hydrogen) atoms. The Balaban J connectivity index is 1.64. The molecule has 0 saturated carbocycles. The van der Waals surface area contributed by atoms with E-state index in [2.05, 4.69) is 27.6 Å². The maximum atomic E-state index is 12.1. The minimum absolute atomic E-state index is 0.0578. The number of carbonyl (C=O) groups excluding carboxylic acids is 1. The molecule has 5 nitrogen and oxygen atoms in total. The van der Waals surface area contributed by atoms with Gasteiger partial charge in [0.05, 0.1) is 5.71 Å². The van der Waals surface area contributed by atoms with E-state index in [1.807, 2.05) is 19.1 Å². The molecule has 2 aromatic rings. The molecule has 2 aromatic carbocycles. The first-order valence-corrected chi connectivity index (χ1v) is 9.12. The lowest BCUT2D eigenvalue weighted by Gasteiger charge is -2.22. The number of phenols is 1. The van der Waals surface area contributed by atoms with Crippen molar-refractivity contribution in [1.82, 2.24) is 5.43 Å². The van der Waals surface area contributed by atoms with E-state index in [1.165, 1.54) is 43.5 Å². The van der Waals surface area contributed by atoms with E-state index in [1.54, 1.807) is 12.1 Å². The van der Waals surface area contributed by atoms with Crippen LogP contribution in [-0.4, -0.2) is 29.8 Å². The van der Waals surface area contributed by atoms with Gasteiger partial charge in [-0.05, 0) is 55.7 Å². The number of nitrogens with one attached hydrogen (secondary N) is 1. The lowest BCUT2D eigenvalue weighted by molar-refractivity contribution is 0.0954. The molecular weight excluding hydrogens is 326 g/mol. The van der Waals surface area contributed by atoms with Crippen LogP contribution >= 0.6 is 0 Å². The summed E-state index contributed by atoms with van der Waals surface area (Å²) in [5.41, 5.74) is 5.86. The number of hydrazone groups is 1. The average Bonchev–Trinajstić information content (AvgIpc) is 2.95. The fourth-order valence-electron chi connectivity index (χ4n) is 3.15. The van der Waals surface area contributed by atoms with Gasteiger partial charge >= 0.3 is 0 Å². The molecule has 5 heteroatoms. The van der Waals surface area contributed by atoms with Crippen molar-refractivity contribution in [3.05, 3.63) is 59.7 Å². The Morgan fingerprint density at radius 1 is 1.00 bits per heavy atom. The van der Waals surface area contributed by atoms with Crippen molar-refractivity contribution in [3.63, 3.8) is 0 Å². The SMILES string of the molecule is C/C(=N/NC(=O)c1cccc(O)c1)c1ccc(N2CCCCCC2)cc1. The van der Waals surface area contributed by atoms with E-state index in [-0.39, 0.29) is 11.7 Å². The summed E-state index contributed by atoms with van der Waals surface area (Å²) < 4.78 is 0. The quantitative estimate of drug-likeness (QED) is 0.648. The summed E-state index contributed by atoms with van der Waals surface area (Å²) in [5.74, 6) is -0.288. The number of hydrogen-bond donors (Lipinski definition) is 2. The van der Waals surface area contributed by atoms with Crippen LogP contribution in [0.15, 0.2) is 53.6 Å². The Morgan fingerprint density at radius 3 is 2.35 bits per heavy atom. The van der Waals surface area contributed by atoms with Gasteiger partial charge in [-0.2, -0.15) is 5.10 Å². The standard InChI is InChI=1S/C21H25N3O2/c1-16(22-23-21(26)18-7-6-8-20(25)15-18)17-9-11-19(12-10-17)24-13-4-2-3-5-14-24/h6-12,15,25H,2-5,13-14H2,1H3,(H,23,26)/b22-16-. The normalized spacial score (nSPS) is 15.4. The van der Waals surface area contributed by atoms with Gasteiger partial charge in [0.15, 0.2) is 0 Å². The molecule has 1 amide bonds. The zero-order valence-corrected chi connectivity index (χ0v) is 15.1. The van der Waals surface area contributed by atoms with Crippen LogP contribution in [0.4, 0.5) is 5.69 Å². The highest BCUT2D eigenvalue weighted by molar-refractivity contribution is 6.01. The summed E-state index contributed by atoms with van der Waals surface area (Å²) in [6.45, 7) is 4.10. The van der Waals surface area contributed by atoms with Crippen molar-refractivity contribution in [2.45, 2.75) is 32.6 Å². The zero-order chi connectivity index (χ0) is 18.4. The van der Waals surface area contributed by atoms with Gasteiger partial charge in [-0.1, -0.05) is 31.0 Å². The summed E-state index contributed by atoms with van der Waals surface area (Å²) >= 11 is 0. The Bertz CT molecular complexity index is 776. The second-order valence-electron chi connectivity index (χ2n) is 6.64. The van der Waals surface area contributed by atoms with Gasteiger partial charge in [0.2, 0.25) is 0 Å². The molecule has 1 heterocycles. The predicted octanol–water partition coefficient (Wildman–Crippen LogP) is 3.93. The number of carbonyl (C=O) groups is 1. The number of aromatic hydroxyl groups is 1. The smallest absolute Gasteiger partial charge is 0.271 e. The van der Waals surface area contributed by atoms with Crippen LogP contribution in [0.3, 0.4) is 0 Å². The maximum Gasteiger partial charge on any atom is 0.271 e. The molecule has 0 aromatic heterocycles. The topological polar surface area (TPSA) is 64.9 Å². The molecule has 0 unspecified atom stereocenters. The van der Waals surface area contributed by atoms with Crippen LogP contribution < -0.4 is 10.3 Å². The summed E-state index contributed by atoms with van der Waals surface area (Å²) in [6.07, 6.45) is 5.14. The van der Waals surface area contributed by atoms with Crippen LogP contribution in [0.1, 0.15) is 48.5 Å². The maximum absolute atomic E-state index is 12.1. The molecule has 1 aliphatic rings. The fraction of sp³-hybridized carbons (Fsp3) is 0.333. The van der Waals surface area contributed by atoms with Crippen LogP contribution in [0.5, 0.6) is 5.75 Å². The lowest BCUT2D eigenvalue weighted by Crippen LogP contribution is -2.23. The number of phenolic OH excluding ortho intramolecular Hbond substituents is 1. The molecule has 3 rings (SSSR count). The number of rotatable bonds is 4. The van der Waals surface area contributed by atoms with Crippen molar-refractivity contribution in [2.24, 2.45) is 5.10 Å². The fourth-order valence-corrected chi connectivity index (χ4v) is 3.15. The van der Waals surface area contributed by atoms with Gasteiger partial charge in [0.1, 0.15) is 5.75 Å². The Kier molecular flexibility index (Phi) is 5.89. The highest BCUT2D eigenvalue weighted by Crippen LogP contribution is 2.20. The predicted molar refractivity (Wildman–Crippen MR) is 105 cm³/mol. The highest BCUT2D eigenvalue weighted by atomic mass is 16.3. The zero-order valence-electron chi connectivity index (χ0n) is 15.1. The third-order valence-corrected chi connectivity index (χ3v) is 4.69. The summed E-state index contributed by atoms with van der Waals surface area (Å²) in [7, 11) is 0. The van der Waals surface area contributed by atoms with E-state index in [0.29, 0.717) is 5.56 Å². The molecule has 0 spiro atoms. The van der Waals surface area contributed by atoms with Crippen molar-refractivity contribution in [2.75, 3.05) is 18.0 Å². The molecule has 0 radical (unpaired) electrons. The monoisotopic (exact) mass is 351 g/mol. The summed E-state index contributed by atoms with van der Waals surface area (Å²) in [6, 6.07) is 14.5. The van der Waals surface area contributed by atoms with Crippen molar-refractivity contribution in [1.29, 1.82) is 0 Å². The van der Waals surface area contributed by atoms with Crippen molar-refractivity contribution >= 4 is 17.3 Å². The van der Waals surface area contributed by atoms with Crippen molar-refractivity contribution in [3.8, 4) is 5.75 Å². The largest absolute Gasteiger partial charge is 0.508 e. The van der Waals surface area contributed by atoms with Crippen LogP contribution in [-0.2, 0) is 0 Å². The molecule has 1 aliphatic heterocycles. The van der Waals surface area contributed by atoms with Gasteiger partial charge < -0.3 is 10.0 Å². The Labute approximate surface area is 154 Å². The molecule has 0 aliphatic carbocycles. The first-order chi connectivity index (χ1) is 12.6. The van der Waals surface area contributed by atoms with Crippen LogP contribution in [0.25, 0.3) is 0 Å². The number of anilines is 1. The minimum Gasteiger partial charge on any atom is -0.508 e. The molecule has 1 fully saturated rings. The van der Waals surface area contributed by atoms with E-state index in [4.69, 9.17) is 0 Å². The molecule has 1 saturated heterocycles. The molecule has 2 N–H and O–H groups in total. The number of benzene rings is 2. The second-order valence-corrected chi connectivity index (χ2v) is 6.64. The molecule has 0 bridgehead atoms. The van der Waals surface area contributed by atoms with Gasteiger partial charge in [0.25, 0.3) is 5.91 Å². The second kappa shape index (κ2) is 8.52. The van der Waals surface area contributed by atoms with Gasteiger partial charge in [-0.15, -0.1) is 0 Å². The molecule has 136 valence electrons. The third kappa shape index (κ3) is 4.63. The van der Waals surface area contributed by atoms with E-state index in [9.17, 15) is 9.90 Å². The summed E-state index contributed by atoms with van der Waals surface area (Å²) in [5, 5.41) is 13.6. The van der Waals surface area contributed by atoms with Crippen molar-refractivity contribution < 1.29 is 9.90 Å². The first-order valence-electron chi connectivity index (χ1n) is 9.12. The highest BCUT2D eigenvalue weighted by Gasteiger charge is 2.10. The first kappa shape index (κ1) is 18.0. The number of amides is 1. The lowest BCUT2D eigenvalue weighted by atomic mass is 10.1. The van der Waals surface area contributed by atoms with Crippen LogP contribution in [0.2, 0.25) is 0 Å². The molecular formula is C21H25N3O2. The van der Waals surface area contributed by atoms with Gasteiger partial charge in [-0.25, -0.2) is 5.43 Å². The third-order valence-electron chi connectivity index (χ3n) is 4.69. The van der Waals surface area contributed by atoms with Gasteiger partial charge in [0, 0.05) is 24.3 Å². The molecule has 0 atom stereocenters. The van der Waals surface area contributed by atoms with E-state index >= 15 is 0 Å². The number of hydrogen-bond acceptors (Lipinski definition) is 4.